The number of unbranched alkanes of at least 4 members (excludes halogenated alkanes) is 23. The van der Waals surface area contributed by atoms with Gasteiger partial charge in [-0.1, -0.05) is 302 Å². The smallest absolute Gasteiger partial charge is 0.153 e. The van der Waals surface area contributed by atoms with E-state index in [2.05, 4.69) is 222 Å². The van der Waals surface area contributed by atoms with Crippen molar-refractivity contribution in [2.45, 2.75) is 253 Å². The second kappa shape index (κ2) is 45.7. The van der Waals surface area contributed by atoms with E-state index in [0.717, 1.165) is 92.2 Å². The highest BCUT2D eigenvalue weighted by Gasteiger charge is 2.23. The Kier molecular flexibility index (Phi) is 36.4. The zero-order chi connectivity index (χ0) is 64.0. The number of aryl methyl sites for hydroxylation is 5. The van der Waals surface area contributed by atoms with E-state index in [4.69, 9.17) is 9.47 Å². The van der Waals surface area contributed by atoms with Crippen molar-refractivity contribution >= 4 is 0 Å². The number of ether oxygens (including phenoxy) is 2. The Morgan fingerprint density at radius 1 is 0.253 bits per heavy atom. The molecular weight excluding hydrogens is 1100 g/mol. The molecule has 0 N–H and O–H groups in total. The van der Waals surface area contributed by atoms with Crippen LogP contribution in [0.4, 0.5) is 0 Å². The third kappa shape index (κ3) is 28.7. The van der Waals surface area contributed by atoms with Crippen LogP contribution in [0.5, 0.6) is 5.75 Å². The lowest BCUT2D eigenvalue weighted by Gasteiger charge is -2.17. The Bertz CT molecular complexity index is 3160. The summed E-state index contributed by atoms with van der Waals surface area (Å²) < 4.78 is 12.7. The summed E-state index contributed by atoms with van der Waals surface area (Å²) in [5.41, 5.74) is 14.9. The van der Waals surface area contributed by atoms with Crippen LogP contribution in [-0.2, 0) is 36.8 Å². The number of rotatable bonds is 39. The molecule has 0 aliphatic heterocycles. The van der Waals surface area contributed by atoms with E-state index in [1.54, 1.807) is 6.26 Å². The summed E-state index contributed by atoms with van der Waals surface area (Å²) >= 11 is 0. The van der Waals surface area contributed by atoms with Crippen LogP contribution in [0.1, 0.15) is 304 Å². The Balaban J connectivity index is 1.59. The molecule has 0 fully saturated rings. The van der Waals surface area contributed by atoms with Crippen LogP contribution in [0.15, 0.2) is 134 Å². The highest BCUT2D eigenvalue weighted by Crippen LogP contribution is 2.35. The molecule has 0 bridgehead atoms. The van der Waals surface area contributed by atoms with Crippen LogP contribution in [0, 0.1) is 59.2 Å². The summed E-state index contributed by atoms with van der Waals surface area (Å²) in [6.45, 7) is 16.3. The van der Waals surface area contributed by atoms with Gasteiger partial charge in [-0.25, -0.2) is 0 Å². The van der Waals surface area contributed by atoms with Crippen LogP contribution in [0.3, 0.4) is 0 Å². The first-order valence-electron chi connectivity index (χ1n) is 36.1. The molecule has 6 aromatic rings. The first-order chi connectivity index (χ1) is 44.9. The molecule has 0 spiro atoms. The first kappa shape index (κ1) is 72.5. The minimum Gasteiger partial charge on any atom is -0.502 e. The number of hydrogen-bond acceptors (Lipinski definition) is 2. The molecule has 2 heteroatoms. The van der Waals surface area contributed by atoms with E-state index >= 15 is 0 Å². The second-order valence-electron chi connectivity index (χ2n) is 25.1. The van der Waals surface area contributed by atoms with Gasteiger partial charge in [0.1, 0.15) is 0 Å². The molecule has 0 saturated heterocycles. The van der Waals surface area contributed by atoms with Gasteiger partial charge in [-0.2, -0.15) is 0 Å². The van der Waals surface area contributed by atoms with E-state index < -0.39 is 0 Å². The van der Waals surface area contributed by atoms with Crippen molar-refractivity contribution in [3.63, 3.8) is 0 Å². The van der Waals surface area contributed by atoms with Crippen LogP contribution >= 0.6 is 0 Å². The van der Waals surface area contributed by atoms with Crippen molar-refractivity contribution in [1.29, 1.82) is 0 Å². The maximum atomic E-state index is 7.30. The van der Waals surface area contributed by atoms with Gasteiger partial charge < -0.3 is 9.47 Å². The molecule has 0 saturated carbocycles. The van der Waals surface area contributed by atoms with Crippen molar-refractivity contribution < 1.29 is 9.47 Å². The van der Waals surface area contributed by atoms with Gasteiger partial charge in [-0.05, 0) is 166 Å². The summed E-state index contributed by atoms with van der Waals surface area (Å²) in [6.07, 6.45) is 41.9. The first-order valence-corrected chi connectivity index (χ1v) is 36.1. The average molecular weight is 1210 g/mol. The summed E-state index contributed by atoms with van der Waals surface area (Å²) in [7, 11) is 0. The third-order valence-corrected chi connectivity index (χ3v) is 17.2. The van der Waals surface area contributed by atoms with Crippen molar-refractivity contribution in [3.8, 4) is 65.0 Å². The standard InChI is InChI=1S/C89H110O2/c1-7-13-18-30-37-74-42-52-79(53-43-74)62-67-84-85(68-63-80-54-44-75(45-55-80)38-31-19-14-8-2)87(70-65-82-58-48-77(49-59-82)40-33-21-16-10-4)89(91-73-36-29-27-25-23-24-26-28-35-72-90-12-6)88(71-66-83-60-50-78(51-61-83)41-34-22-17-11-5)86(84)69-64-81-56-46-76(47-57-81)39-32-20-15-9-3/h12,42-61H,6-11,13-41,72-73H2,1-5H3. The fourth-order valence-electron chi connectivity index (χ4n) is 11.5. The molecule has 0 heterocycles. The Morgan fingerprint density at radius 2 is 0.473 bits per heavy atom. The summed E-state index contributed by atoms with van der Waals surface area (Å²) in [5.74, 6) is 37.7. The maximum Gasteiger partial charge on any atom is 0.153 e. The maximum absolute atomic E-state index is 7.30. The van der Waals surface area contributed by atoms with Gasteiger partial charge in [-0.3, -0.25) is 0 Å². The van der Waals surface area contributed by atoms with Crippen LogP contribution < -0.4 is 4.74 Å². The molecule has 0 unspecified atom stereocenters. The molecule has 6 aromatic carbocycles. The van der Waals surface area contributed by atoms with Gasteiger partial charge in [0, 0.05) is 27.8 Å². The summed E-state index contributed by atoms with van der Waals surface area (Å²) in [4.78, 5) is 0. The van der Waals surface area contributed by atoms with Crippen LogP contribution in [-0.4, -0.2) is 13.2 Å². The zero-order valence-corrected chi connectivity index (χ0v) is 57.1. The average Bonchev–Trinajstić information content (AvgIpc) is 1.05. The van der Waals surface area contributed by atoms with Gasteiger partial charge in [0.2, 0.25) is 0 Å². The second-order valence-corrected chi connectivity index (χ2v) is 25.1. The molecule has 2 nitrogen and oxygen atoms in total. The zero-order valence-electron chi connectivity index (χ0n) is 57.1. The predicted molar refractivity (Wildman–Crippen MR) is 391 cm³/mol. The van der Waals surface area contributed by atoms with Gasteiger partial charge in [0.25, 0.3) is 0 Å². The molecule has 478 valence electrons. The molecule has 6 rings (SSSR count). The molecule has 0 aliphatic rings. The lowest BCUT2D eigenvalue weighted by Crippen LogP contribution is -2.08. The molecular formula is C89H110O2. The normalized spacial score (nSPS) is 10.6. The van der Waals surface area contributed by atoms with E-state index in [1.807, 2.05) is 0 Å². The lowest BCUT2D eigenvalue weighted by atomic mass is 9.89. The predicted octanol–water partition coefficient (Wildman–Crippen LogP) is 23.3. The Labute approximate surface area is 555 Å². The van der Waals surface area contributed by atoms with Crippen molar-refractivity contribution in [2.75, 3.05) is 13.2 Å². The third-order valence-electron chi connectivity index (χ3n) is 17.2. The minimum absolute atomic E-state index is 0.501. The van der Waals surface area contributed by atoms with Crippen molar-refractivity contribution in [1.82, 2.24) is 0 Å². The lowest BCUT2D eigenvalue weighted by molar-refractivity contribution is 0.241. The number of benzene rings is 6. The summed E-state index contributed by atoms with van der Waals surface area (Å²) in [5, 5.41) is 0. The monoisotopic (exact) mass is 1210 g/mol. The largest absolute Gasteiger partial charge is 0.502 e. The van der Waals surface area contributed by atoms with E-state index in [0.29, 0.717) is 40.2 Å². The molecule has 0 aromatic heterocycles. The quantitative estimate of drug-likeness (QED) is 0.0218. The van der Waals surface area contributed by atoms with Crippen molar-refractivity contribution in [3.05, 3.63) is 218 Å². The minimum atomic E-state index is 0.501. The summed E-state index contributed by atoms with van der Waals surface area (Å²) in [6, 6.07) is 44.2. The van der Waals surface area contributed by atoms with Gasteiger partial charge in [0.15, 0.2) is 5.75 Å². The van der Waals surface area contributed by atoms with Crippen LogP contribution in [0.2, 0.25) is 0 Å². The topological polar surface area (TPSA) is 18.5 Å². The van der Waals surface area contributed by atoms with E-state index in [9.17, 15) is 0 Å². The molecule has 0 atom stereocenters. The fraction of sp³-hybridized carbons (Fsp3) is 0.461. The van der Waals surface area contributed by atoms with Gasteiger partial charge >= 0.3 is 0 Å². The molecule has 0 aliphatic carbocycles. The highest BCUT2D eigenvalue weighted by molar-refractivity contribution is 5.78. The Hall–Kier alpha value is -7.54. The highest BCUT2D eigenvalue weighted by atomic mass is 16.5. The molecule has 0 amide bonds. The van der Waals surface area contributed by atoms with Crippen LogP contribution in [0.25, 0.3) is 0 Å². The molecule has 91 heavy (non-hydrogen) atoms. The molecule has 0 radical (unpaired) electrons. The van der Waals surface area contributed by atoms with E-state index in [1.165, 1.54) is 188 Å². The fourth-order valence-corrected chi connectivity index (χ4v) is 11.5. The van der Waals surface area contributed by atoms with Crippen molar-refractivity contribution in [2.24, 2.45) is 0 Å². The van der Waals surface area contributed by atoms with E-state index in [-0.39, 0.29) is 0 Å². The Morgan fingerprint density at radius 3 is 0.725 bits per heavy atom. The van der Waals surface area contributed by atoms with Gasteiger partial charge in [-0.15, -0.1) is 0 Å². The SMILES string of the molecule is C=COCCCCCCCCCCCOc1c(C#Cc2ccc(CCCCCC)cc2)c(C#Cc2ccc(CCCCCC)cc2)c(C#Cc2ccc(CCCCCC)cc2)c(C#Cc2ccc(CCCCCC)cc2)c1C#Cc1ccc(CCCCCC)cc1. The number of hydrogen-bond donors (Lipinski definition) is 0. The van der Waals surface area contributed by atoms with Gasteiger partial charge in [0.05, 0.1) is 47.3 Å².